The maximum absolute atomic E-state index is 12.9. The zero-order valence-electron chi connectivity index (χ0n) is 18.5. The van der Waals surface area contributed by atoms with E-state index in [1.54, 1.807) is 13.1 Å². The summed E-state index contributed by atoms with van der Waals surface area (Å²) in [7, 11) is 1.57. The van der Waals surface area contributed by atoms with E-state index in [9.17, 15) is 14.9 Å². The van der Waals surface area contributed by atoms with Crippen LogP contribution in [0, 0.1) is 10.1 Å². The first-order valence-corrected chi connectivity index (χ1v) is 10.0. The second-order valence-corrected chi connectivity index (χ2v) is 7.83. The summed E-state index contributed by atoms with van der Waals surface area (Å²) in [6, 6.07) is 4.38. The number of non-ortho nitro benzene ring substituents is 1. The fourth-order valence-corrected chi connectivity index (χ4v) is 3.03. The molecule has 0 unspecified atom stereocenters. The van der Waals surface area contributed by atoms with Crippen molar-refractivity contribution in [1.82, 2.24) is 4.57 Å². The maximum atomic E-state index is 12.9. The molecular formula is C23H30N2O5. The average molecular weight is 415 g/mol. The molecule has 0 aliphatic rings. The molecule has 0 amide bonds. The van der Waals surface area contributed by atoms with Gasteiger partial charge in [0, 0.05) is 24.6 Å². The van der Waals surface area contributed by atoms with Crippen LogP contribution in [0.15, 0.2) is 46.3 Å². The Labute approximate surface area is 176 Å². The number of nitro benzene ring substituents is 1. The lowest BCUT2D eigenvalue weighted by Gasteiger charge is -2.18. The fourth-order valence-electron chi connectivity index (χ4n) is 3.03. The fraction of sp³-hybridized carbons (Fsp3) is 0.435. The maximum Gasteiger partial charge on any atom is 0.297 e. The molecule has 30 heavy (non-hydrogen) atoms. The highest BCUT2D eigenvalue weighted by atomic mass is 16.6. The third-order valence-corrected chi connectivity index (χ3v) is 4.61. The number of fused-ring (bicyclic) bond motifs is 1. The predicted octanol–water partition coefficient (Wildman–Crippen LogP) is 5.31. The predicted molar refractivity (Wildman–Crippen MR) is 120 cm³/mol. The van der Waals surface area contributed by atoms with E-state index >= 15 is 0 Å². The zero-order chi connectivity index (χ0) is 22.4. The lowest BCUT2D eigenvalue weighted by Crippen LogP contribution is -2.23. The minimum absolute atomic E-state index is 0.0870. The summed E-state index contributed by atoms with van der Waals surface area (Å²) >= 11 is 0. The number of hydrogen-bond donors (Lipinski definition) is 0. The van der Waals surface area contributed by atoms with Gasteiger partial charge in [0.15, 0.2) is 5.75 Å². The van der Waals surface area contributed by atoms with E-state index in [1.807, 2.05) is 26.8 Å². The summed E-state index contributed by atoms with van der Waals surface area (Å²) in [4.78, 5) is 23.6. The van der Waals surface area contributed by atoms with E-state index in [2.05, 4.69) is 19.9 Å². The number of benzene rings is 1. The van der Waals surface area contributed by atoms with Crippen LogP contribution in [0.5, 0.6) is 11.5 Å². The molecule has 162 valence electrons. The highest BCUT2D eigenvalue weighted by molar-refractivity contribution is 5.89. The number of aromatic nitrogens is 1. The molecule has 0 saturated carbocycles. The van der Waals surface area contributed by atoms with Gasteiger partial charge in [0.25, 0.3) is 11.2 Å². The summed E-state index contributed by atoms with van der Waals surface area (Å²) in [6.45, 7) is 10.1. The van der Waals surface area contributed by atoms with Gasteiger partial charge in [0.05, 0.1) is 16.5 Å². The third kappa shape index (κ3) is 5.72. The Balaban J connectivity index is 2.45. The topological polar surface area (TPSA) is 83.6 Å². The molecule has 0 aliphatic heterocycles. The van der Waals surface area contributed by atoms with Crippen molar-refractivity contribution in [3.05, 3.63) is 62.0 Å². The van der Waals surface area contributed by atoms with Gasteiger partial charge in [-0.3, -0.25) is 14.9 Å². The molecule has 0 aliphatic carbocycles. The molecule has 1 aromatic carbocycles. The second-order valence-electron chi connectivity index (χ2n) is 7.83. The molecule has 0 fully saturated rings. The number of ether oxygens (including phenoxy) is 2. The van der Waals surface area contributed by atoms with E-state index in [4.69, 9.17) is 9.47 Å². The minimum Gasteiger partial charge on any atom is -0.485 e. The number of nitro groups is 1. The standard InChI is InChI=1S/C23H30N2O5/c1-15(2)8-7-9-17(5)12-13-29-21-19-11-10-18(25(27)28)14-20(19)24(6)23(26)22(21)30-16(3)4/h8,10-12,14,16H,7,9,13H2,1-6H3. The lowest BCUT2D eigenvalue weighted by molar-refractivity contribution is -0.384. The van der Waals surface area contributed by atoms with Crippen molar-refractivity contribution in [2.75, 3.05) is 6.61 Å². The Kier molecular flexibility index (Phi) is 7.80. The van der Waals surface area contributed by atoms with Crippen molar-refractivity contribution in [3.8, 4) is 11.5 Å². The van der Waals surface area contributed by atoms with Crippen LogP contribution < -0.4 is 15.0 Å². The number of pyridine rings is 1. The summed E-state index contributed by atoms with van der Waals surface area (Å²) in [6.07, 6.45) is 5.83. The van der Waals surface area contributed by atoms with Gasteiger partial charge in [0.1, 0.15) is 6.61 Å². The van der Waals surface area contributed by atoms with Crippen LogP contribution in [-0.2, 0) is 7.05 Å². The number of aryl methyl sites for hydroxylation is 1. The molecular weight excluding hydrogens is 384 g/mol. The molecule has 7 nitrogen and oxygen atoms in total. The molecule has 0 saturated heterocycles. The van der Waals surface area contributed by atoms with Gasteiger partial charge in [-0.25, -0.2) is 0 Å². The van der Waals surface area contributed by atoms with Gasteiger partial charge in [-0.2, -0.15) is 0 Å². The molecule has 0 N–H and O–H groups in total. The van der Waals surface area contributed by atoms with E-state index < -0.39 is 10.5 Å². The molecule has 0 bridgehead atoms. The highest BCUT2D eigenvalue weighted by Crippen LogP contribution is 2.35. The van der Waals surface area contributed by atoms with E-state index in [0.717, 1.165) is 12.8 Å². The van der Waals surface area contributed by atoms with Gasteiger partial charge < -0.3 is 14.0 Å². The first-order chi connectivity index (χ1) is 14.1. The summed E-state index contributed by atoms with van der Waals surface area (Å²) in [5.41, 5.74) is 2.41. The average Bonchev–Trinajstić information content (AvgIpc) is 2.67. The van der Waals surface area contributed by atoms with Crippen LogP contribution in [0.3, 0.4) is 0 Å². The Hall–Kier alpha value is -3.09. The molecule has 2 rings (SSSR count). The smallest absolute Gasteiger partial charge is 0.297 e. The molecule has 0 atom stereocenters. The largest absolute Gasteiger partial charge is 0.485 e. The van der Waals surface area contributed by atoms with Gasteiger partial charge in [0.2, 0.25) is 5.75 Å². The summed E-state index contributed by atoms with van der Waals surface area (Å²) in [5, 5.41) is 11.8. The highest BCUT2D eigenvalue weighted by Gasteiger charge is 2.21. The van der Waals surface area contributed by atoms with Crippen LogP contribution in [0.25, 0.3) is 10.9 Å². The number of hydrogen-bond acceptors (Lipinski definition) is 5. The molecule has 2 aromatic rings. The van der Waals surface area contributed by atoms with Crippen LogP contribution >= 0.6 is 0 Å². The van der Waals surface area contributed by atoms with Crippen molar-refractivity contribution in [2.45, 2.75) is 53.6 Å². The molecule has 1 aromatic heterocycles. The Morgan fingerprint density at radius 2 is 1.90 bits per heavy atom. The first-order valence-electron chi connectivity index (χ1n) is 10.0. The molecule has 0 radical (unpaired) electrons. The zero-order valence-corrected chi connectivity index (χ0v) is 18.5. The monoisotopic (exact) mass is 414 g/mol. The number of nitrogens with zero attached hydrogens (tertiary/aromatic N) is 2. The van der Waals surface area contributed by atoms with Crippen molar-refractivity contribution in [3.63, 3.8) is 0 Å². The quantitative estimate of drug-likeness (QED) is 0.316. The van der Waals surface area contributed by atoms with Crippen LogP contribution in [0.1, 0.15) is 47.5 Å². The van der Waals surface area contributed by atoms with Crippen molar-refractivity contribution < 1.29 is 14.4 Å². The van der Waals surface area contributed by atoms with Crippen molar-refractivity contribution in [1.29, 1.82) is 0 Å². The van der Waals surface area contributed by atoms with Crippen molar-refractivity contribution >= 4 is 16.6 Å². The van der Waals surface area contributed by atoms with E-state index in [0.29, 0.717) is 16.7 Å². The van der Waals surface area contributed by atoms with Gasteiger partial charge >= 0.3 is 0 Å². The van der Waals surface area contributed by atoms with E-state index in [1.165, 1.54) is 27.8 Å². The van der Waals surface area contributed by atoms with Crippen molar-refractivity contribution in [2.24, 2.45) is 7.05 Å². The second kappa shape index (κ2) is 10.1. The normalized spacial score (nSPS) is 11.6. The Morgan fingerprint density at radius 1 is 1.20 bits per heavy atom. The number of allylic oxidation sites excluding steroid dienone is 3. The van der Waals surface area contributed by atoms with Crippen LogP contribution in [0.4, 0.5) is 5.69 Å². The SMILES string of the molecule is CC(C)=CCCC(C)=CCOc1c(OC(C)C)c(=O)n(C)c2cc([N+](=O)[O-])ccc12. The first kappa shape index (κ1) is 23.2. The lowest BCUT2D eigenvalue weighted by atomic mass is 10.1. The van der Waals surface area contributed by atoms with E-state index in [-0.39, 0.29) is 24.1 Å². The number of rotatable bonds is 9. The van der Waals surface area contributed by atoms with Crippen LogP contribution in [-0.4, -0.2) is 22.2 Å². The summed E-state index contributed by atoms with van der Waals surface area (Å²) in [5.74, 6) is 0.425. The minimum atomic E-state index is -0.485. The van der Waals surface area contributed by atoms with Crippen LogP contribution in [0.2, 0.25) is 0 Å². The Morgan fingerprint density at radius 3 is 2.50 bits per heavy atom. The Bertz CT molecular complexity index is 1040. The van der Waals surface area contributed by atoms with Gasteiger partial charge in [-0.15, -0.1) is 0 Å². The van der Waals surface area contributed by atoms with Gasteiger partial charge in [-0.1, -0.05) is 17.2 Å². The molecule has 0 spiro atoms. The van der Waals surface area contributed by atoms with Gasteiger partial charge in [-0.05, 0) is 59.6 Å². The molecule has 7 heteroatoms. The molecule has 1 heterocycles. The third-order valence-electron chi connectivity index (χ3n) is 4.61. The summed E-state index contributed by atoms with van der Waals surface area (Å²) < 4.78 is 13.1.